The van der Waals surface area contributed by atoms with Crippen molar-refractivity contribution in [3.63, 3.8) is 0 Å². The Kier molecular flexibility index (Phi) is 4.18. The van der Waals surface area contributed by atoms with Crippen LogP contribution < -0.4 is 0 Å². The van der Waals surface area contributed by atoms with Crippen molar-refractivity contribution in [1.29, 1.82) is 0 Å². The van der Waals surface area contributed by atoms with Gasteiger partial charge in [0.15, 0.2) is 0 Å². The van der Waals surface area contributed by atoms with Gasteiger partial charge in [-0.2, -0.15) is 0 Å². The Morgan fingerprint density at radius 3 is 2.25 bits per heavy atom. The third kappa shape index (κ3) is 2.45. The molecule has 1 atom stereocenters. The second-order valence-electron chi connectivity index (χ2n) is 2.72. The average molecular weight is 184 g/mol. The zero-order chi connectivity index (χ0) is 8.43. The fourth-order valence-electron chi connectivity index (χ4n) is 1.12. The number of benzene rings is 1. The Labute approximate surface area is 77.3 Å². The number of hydrogen-bond donors (Lipinski definition) is 0. The molecule has 0 saturated carbocycles. The van der Waals surface area contributed by atoms with E-state index in [1.165, 1.54) is 5.56 Å². The predicted molar refractivity (Wildman–Crippen MR) is 55.0 cm³/mol. The summed E-state index contributed by atoms with van der Waals surface area (Å²) in [5.41, 5.74) is 2.34. The van der Waals surface area contributed by atoms with Gasteiger partial charge in [-0.1, -0.05) is 25.1 Å². The summed E-state index contributed by atoms with van der Waals surface area (Å²) < 4.78 is 11.1. The summed E-state index contributed by atoms with van der Waals surface area (Å²) in [6.07, 6.45) is 1.71. The summed E-state index contributed by atoms with van der Waals surface area (Å²) in [6, 6.07) is 5.97. The van der Waals surface area contributed by atoms with E-state index >= 15 is 0 Å². The quantitative estimate of drug-likeness (QED) is 0.656. The monoisotopic (exact) mass is 184 g/mol. The summed E-state index contributed by atoms with van der Waals surface area (Å²) >= 11 is 0. The van der Waals surface area contributed by atoms with Crippen LogP contribution in [0.1, 0.15) is 18.6 Å². The van der Waals surface area contributed by atoms with E-state index in [-0.39, 0.29) is 7.43 Å². The molecule has 0 heterocycles. The van der Waals surface area contributed by atoms with Crippen LogP contribution in [0.2, 0.25) is 0 Å². The van der Waals surface area contributed by atoms with Crippen molar-refractivity contribution in [1.82, 2.24) is 0 Å². The standard InChI is InChI=1S/C9H12OS.CH4/c1-7-4-5-9(11(3)10)8(2)6-7;/h4-6H,1-3H3;1H4. The van der Waals surface area contributed by atoms with E-state index in [2.05, 4.69) is 6.07 Å². The third-order valence-corrected chi connectivity index (χ3v) is 2.72. The lowest BCUT2D eigenvalue weighted by atomic mass is 10.2. The molecule has 0 saturated heterocycles. The lowest BCUT2D eigenvalue weighted by Gasteiger charge is -2.01. The van der Waals surface area contributed by atoms with E-state index in [1.54, 1.807) is 6.26 Å². The molecule has 68 valence electrons. The highest BCUT2D eigenvalue weighted by Gasteiger charge is 2.00. The van der Waals surface area contributed by atoms with Gasteiger partial charge in [0.2, 0.25) is 0 Å². The van der Waals surface area contributed by atoms with Gasteiger partial charge in [0.1, 0.15) is 0 Å². The molecular weight excluding hydrogens is 168 g/mol. The molecule has 0 aliphatic heterocycles. The van der Waals surface area contributed by atoms with Gasteiger partial charge in [-0.15, -0.1) is 0 Å². The molecule has 0 spiro atoms. The zero-order valence-corrected chi connectivity index (χ0v) is 7.87. The summed E-state index contributed by atoms with van der Waals surface area (Å²) in [5, 5.41) is 0. The van der Waals surface area contributed by atoms with Crippen molar-refractivity contribution in [3.05, 3.63) is 29.3 Å². The fraction of sp³-hybridized carbons (Fsp3) is 0.400. The summed E-state index contributed by atoms with van der Waals surface area (Å²) in [4.78, 5) is 0.940. The average Bonchev–Trinajstić information content (AvgIpc) is 1.85. The minimum absolute atomic E-state index is 0. The van der Waals surface area contributed by atoms with Crippen molar-refractivity contribution in [2.45, 2.75) is 26.2 Å². The summed E-state index contributed by atoms with van der Waals surface area (Å²) in [5.74, 6) is 0. The van der Waals surface area contributed by atoms with Crippen LogP contribution in [0.5, 0.6) is 0 Å². The Morgan fingerprint density at radius 2 is 1.83 bits per heavy atom. The molecular formula is C10H16OS. The molecule has 0 aliphatic carbocycles. The SMILES string of the molecule is C.Cc1ccc(S(C)=O)c(C)c1. The first-order chi connectivity index (χ1) is 5.11. The maximum Gasteiger partial charge on any atom is 0.0500 e. The molecule has 0 radical (unpaired) electrons. The molecule has 12 heavy (non-hydrogen) atoms. The molecule has 0 fully saturated rings. The normalized spacial score (nSPS) is 11.9. The van der Waals surface area contributed by atoms with Crippen LogP contribution in [-0.2, 0) is 10.8 Å². The van der Waals surface area contributed by atoms with Gasteiger partial charge < -0.3 is 0 Å². The van der Waals surface area contributed by atoms with Crippen LogP contribution in [0, 0.1) is 13.8 Å². The van der Waals surface area contributed by atoms with Crippen LogP contribution >= 0.6 is 0 Å². The Balaban J connectivity index is 0.00000121. The van der Waals surface area contributed by atoms with E-state index in [0.29, 0.717) is 0 Å². The number of aryl methyl sites for hydroxylation is 2. The van der Waals surface area contributed by atoms with Gasteiger partial charge >= 0.3 is 0 Å². The highest BCUT2D eigenvalue weighted by Crippen LogP contribution is 2.12. The second-order valence-corrected chi connectivity index (χ2v) is 4.07. The summed E-state index contributed by atoms with van der Waals surface area (Å²) in [6.45, 7) is 4.03. The molecule has 2 heteroatoms. The van der Waals surface area contributed by atoms with Gasteiger partial charge in [-0.25, -0.2) is 0 Å². The van der Waals surface area contributed by atoms with Crippen molar-refractivity contribution < 1.29 is 4.21 Å². The zero-order valence-electron chi connectivity index (χ0n) is 7.05. The minimum atomic E-state index is -0.849. The van der Waals surface area contributed by atoms with Crippen molar-refractivity contribution >= 4 is 10.8 Å². The first kappa shape index (κ1) is 11.4. The Bertz CT molecular complexity index is 292. The van der Waals surface area contributed by atoms with Crippen LogP contribution in [0.4, 0.5) is 0 Å². The third-order valence-electron chi connectivity index (χ3n) is 1.64. The first-order valence-electron chi connectivity index (χ1n) is 3.52. The molecule has 1 unspecified atom stereocenters. The molecule has 0 bridgehead atoms. The second kappa shape index (κ2) is 4.41. The lowest BCUT2D eigenvalue weighted by Crippen LogP contribution is -1.91. The van der Waals surface area contributed by atoms with Gasteiger partial charge in [0.25, 0.3) is 0 Å². The van der Waals surface area contributed by atoms with Gasteiger partial charge in [0, 0.05) is 11.2 Å². The molecule has 1 rings (SSSR count). The maximum atomic E-state index is 11.1. The van der Waals surface area contributed by atoms with E-state index < -0.39 is 10.8 Å². The van der Waals surface area contributed by atoms with Crippen LogP contribution in [0.25, 0.3) is 0 Å². The Morgan fingerprint density at radius 1 is 1.25 bits per heavy atom. The Hall–Kier alpha value is -0.630. The van der Waals surface area contributed by atoms with Crippen LogP contribution in [0.15, 0.2) is 23.1 Å². The molecule has 0 N–H and O–H groups in total. The van der Waals surface area contributed by atoms with Gasteiger partial charge in [-0.3, -0.25) is 4.21 Å². The van der Waals surface area contributed by atoms with Gasteiger partial charge in [0.05, 0.1) is 10.8 Å². The first-order valence-corrected chi connectivity index (χ1v) is 5.08. The highest BCUT2D eigenvalue weighted by molar-refractivity contribution is 7.84. The fourth-order valence-corrected chi connectivity index (χ4v) is 1.89. The minimum Gasteiger partial charge on any atom is -0.255 e. The number of rotatable bonds is 1. The molecule has 0 aromatic heterocycles. The van der Waals surface area contributed by atoms with Crippen LogP contribution in [0.3, 0.4) is 0 Å². The van der Waals surface area contributed by atoms with E-state index in [9.17, 15) is 4.21 Å². The smallest absolute Gasteiger partial charge is 0.0500 e. The van der Waals surface area contributed by atoms with Crippen molar-refractivity contribution in [3.8, 4) is 0 Å². The van der Waals surface area contributed by atoms with E-state index in [1.807, 2.05) is 26.0 Å². The number of hydrogen-bond acceptors (Lipinski definition) is 1. The van der Waals surface area contributed by atoms with E-state index in [0.717, 1.165) is 10.5 Å². The van der Waals surface area contributed by atoms with Crippen molar-refractivity contribution in [2.75, 3.05) is 6.26 Å². The molecule has 0 aliphatic rings. The topological polar surface area (TPSA) is 17.1 Å². The highest BCUT2D eigenvalue weighted by atomic mass is 32.2. The molecule has 0 amide bonds. The maximum absolute atomic E-state index is 11.1. The molecule has 1 aromatic carbocycles. The molecule has 1 nitrogen and oxygen atoms in total. The van der Waals surface area contributed by atoms with E-state index in [4.69, 9.17) is 0 Å². The summed E-state index contributed by atoms with van der Waals surface area (Å²) in [7, 11) is -0.849. The predicted octanol–water partition coefficient (Wildman–Crippen LogP) is 2.68. The van der Waals surface area contributed by atoms with Crippen molar-refractivity contribution in [2.24, 2.45) is 0 Å². The largest absolute Gasteiger partial charge is 0.255 e. The van der Waals surface area contributed by atoms with Crippen LogP contribution in [-0.4, -0.2) is 10.5 Å². The van der Waals surface area contributed by atoms with Gasteiger partial charge in [-0.05, 0) is 25.5 Å². The molecule has 1 aromatic rings. The lowest BCUT2D eigenvalue weighted by molar-refractivity contribution is 0.686.